The van der Waals surface area contributed by atoms with E-state index in [0.29, 0.717) is 5.91 Å². The number of hydrogen-bond acceptors (Lipinski definition) is 4. The van der Waals surface area contributed by atoms with Crippen LogP contribution in [0.1, 0.15) is 36.8 Å². The monoisotopic (exact) mass is 329 g/mol. The number of aryl methyl sites for hydroxylation is 1. The highest BCUT2D eigenvalue weighted by atomic mass is 32.1. The summed E-state index contributed by atoms with van der Waals surface area (Å²) < 4.78 is 0. The minimum Gasteiger partial charge on any atom is -0.346 e. The summed E-state index contributed by atoms with van der Waals surface area (Å²) >= 11 is 1.73. The highest BCUT2D eigenvalue weighted by Crippen LogP contribution is 2.34. The van der Waals surface area contributed by atoms with Crippen LogP contribution < -0.4 is 0 Å². The minimum atomic E-state index is 0.120. The fraction of sp³-hybridized carbons (Fsp3) is 0.500. The summed E-state index contributed by atoms with van der Waals surface area (Å²) in [6.45, 7) is 3.02. The normalized spacial score (nSPS) is 16.9. The van der Waals surface area contributed by atoms with Gasteiger partial charge >= 0.3 is 0 Å². The summed E-state index contributed by atoms with van der Waals surface area (Å²) in [5.41, 5.74) is 2.30. The van der Waals surface area contributed by atoms with Gasteiger partial charge in [-0.05, 0) is 37.8 Å². The second-order valence-electron chi connectivity index (χ2n) is 6.18. The van der Waals surface area contributed by atoms with Crippen molar-refractivity contribution in [3.05, 3.63) is 35.1 Å². The Hall–Kier alpha value is -1.75. The molecule has 1 aliphatic carbocycles. The van der Waals surface area contributed by atoms with E-state index in [1.54, 1.807) is 23.7 Å². The van der Waals surface area contributed by atoms with Gasteiger partial charge in [-0.2, -0.15) is 0 Å². The Bertz CT molecular complexity index is 668. The predicted molar refractivity (Wildman–Crippen MR) is 93.4 cm³/mol. The number of nitrogens with zero attached hydrogens (tertiary/aromatic N) is 3. The molecule has 1 atom stereocenters. The number of unbranched alkanes of at least 4 members (excludes halogenated alkanes) is 1. The van der Waals surface area contributed by atoms with E-state index in [9.17, 15) is 4.79 Å². The van der Waals surface area contributed by atoms with Gasteiger partial charge in [0.15, 0.2) is 0 Å². The van der Waals surface area contributed by atoms with Gasteiger partial charge in [-0.1, -0.05) is 13.3 Å². The van der Waals surface area contributed by atoms with Crippen LogP contribution in [0.25, 0.3) is 10.6 Å². The van der Waals surface area contributed by atoms with Crippen LogP contribution >= 0.6 is 11.3 Å². The molecular weight excluding hydrogens is 306 g/mol. The second kappa shape index (κ2) is 7.21. The highest BCUT2D eigenvalue weighted by molar-refractivity contribution is 7.15. The van der Waals surface area contributed by atoms with Crippen molar-refractivity contribution in [2.45, 2.75) is 39.0 Å². The van der Waals surface area contributed by atoms with Crippen LogP contribution in [0.2, 0.25) is 0 Å². The van der Waals surface area contributed by atoms with E-state index < -0.39 is 0 Å². The highest BCUT2D eigenvalue weighted by Gasteiger charge is 2.29. The van der Waals surface area contributed by atoms with Crippen molar-refractivity contribution in [2.24, 2.45) is 5.92 Å². The molecule has 2 heterocycles. The Morgan fingerprint density at radius 1 is 1.39 bits per heavy atom. The molecular formula is C18H23N3OS. The third-order valence-electron chi connectivity index (χ3n) is 4.44. The van der Waals surface area contributed by atoms with E-state index in [4.69, 9.17) is 4.98 Å². The lowest BCUT2D eigenvalue weighted by Crippen LogP contribution is -2.36. The quantitative estimate of drug-likeness (QED) is 0.842. The van der Waals surface area contributed by atoms with E-state index in [0.717, 1.165) is 49.2 Å². The van der Waals surface area contributed by atoms with Gasteiger partial charge in [0.05, 0.1) is 5.69 Å². The lowest BCUT2D eigenvalue weighted by atomic mass is 9.90. The van der Waals surface area contributed by atoms with Crippen molar-refractivity contribution in [3.8, 4) is 10.6 Å². The fourth-order valence-corrected chi connectivity index (χ4v) is 4.21. The molecule has 0 saturated carbocycles. The van der Waals surface area contributed by atoms with Crippen molar-refractivity contribution in [1.82, 2.24) is 14.9 Å². The first kappa shape index (κ1) is 16.1. The molecule has 2 aromatic rings. The van der Waals surface area contributed by atoms with Crippen molar-refractivity contribution in [1.29, 1.82) is 0 Å². The zero-order chi connectivity index (χ0) is 16.2. The van der Waals surface area contributed by atoms with E-state index in [1.165, 1.54) is 10.6 Å². The van der Waals surface area contributed by atoms with Gasteiger partial charge in [0.25, 0.3) is 0 Å². The SMILES string of the molecule is CCCCN(C)C(=O)C1CCc2nc(-c3ccncc3)sc2C1. The third kappa shape index (κ3) is 3.61. The molecule has 1 amide bonds. The maximum Gasteiger partial charge on any atom is 0.225 e. The van der Waals surface area contributed by atoms with Gasteiger partial charge in [0, 0.05) is 42.3 Å². The number of amides is 1. The minimum absolute atomic E-state index is 0.120. The van der Waals surface area contributed by atoms with Crippen molar-refractivity contribution in [2.75, 3.05) is 13.6 Å². The molecule has 122 valence electrons. The summed E-state index contributed by atoms with van der Waals surface area (Å²) in [5, 5.41) is 1.05. The van der Waals surface area contributed by atoms with Crippen LogP contribution in [-0.2, 0) is 17.6 Å². The Balaban J connectivity index is 1.71. The number of rotatable bonds is 5. The van der Waals surface area contributed by atoms with Crippen LogP contribution in [-0.4, -0.2) is 34.4 Å². The summed E-state index contributed by atoms with van der Waals surface area (Å²) in [6.07, 6.45) is 8.46. The van der Waals surface area contributed by atoms with Gasteiger partial charge in [-0.3, -0.25) is 9.78 Å². The van der Waals surface area contributed by atoms with Crippen LogP contribution in [0.3, 0.4) is 0 Å². The van der Waals surface area contributed by atoms with E-state index in [1.807, 2.05) is 24.1 Å². The number of thiazole rings is 1. The lowest BCUT2D eigenvalue weighted by molar-refractivity contribution is -0.134. The first-order valence-electron chi connectivity index (χ1n) is 8.33. The van der Waals surface area contributed by atoms with Crippen LogP contribution in [0.15, 0.2) is 24.5 Å². The molecule has 1 aliphatic rings. The molecule has 0 saturated heterocycles. The Morgan fingerprint density at radius 2 is 2.17 bits per heavy atom. The summed E-state index contributed by atoms with van der Waals surface area (Å²) in [7, 11) is 1.93. The van der Waals surface area contributed by atoms with Crippen LogP contribution in [0.5, 0.6) is 0 Å². The van der Waals surface area contributed by atoms with Crippen LogP contribution in [0.4, 0.5) is 0 Å². The van der Waals surface area contributed by atoms with Gasteiger partial charge in [-0.15, -0.1) is 11.3 Å². The molecule has 0 spiro atoms. The maximum atomic E-state index is 12.6. The summed E-state index contributed by atoms with van der Waals surface area (Å²) in [6, 6.07) is 3.98. The zero-order valence-electron chi connectivity index (χ0n) is 13.8. The number of pyridine rings is 1. The lowest BCUT2D eigenvalue weighted by Gasteiger charge is -2.26. The third-order valence-corrected chi connectivity index (χ3v) is 5.61. The molecule has 23 heavy (non-hydrogen) atoms. The number of aromatic nitrogens is 2. The standard InChI is InChI=1S/C18H23N3OS/c1-3-4-11-21(2)18(22)14-5-6-15-16(12-14)23-17(20-15)13-7-9-19-10-8-13/h7-10,14H,3-6,11-12H2,1-2H3. The Morgan fingerprint density at radius 3 is 2.91 bits per heavy atom. The van der Waals surface area contributed by atoms with E-state index in [2.05, 4.69) is 11.9 Å². The number of carbonyl (C=O) groups is 1. The first-order valence-corrected chi connectivity index (χ1v) is 9.14. The van der Waals surface area contributed by atoms with E-state index in [-0.39, 0.29) is 5.92 Å². The zero-order valence-corrected chi connectivity index (χ0v) is 14.6. The number of carbonyl (C=O) groups excluding carboxylic acids is 1. The molecule has 5 heteroatoms. The van der Waals surface area contributed by atoms with Gasteiger partial charge in [0.1, 0.15) is 5.01 Å². The van der Waals surface area contributed by atoms with Gasteiger partial charge < -0.3 is 4.90 Å². The number of hydrogen-bond donors (Lipinski definition) is 0. The second-order valence-corrected chi connectivity index (χ2v) is 7.26. The molecule has 1 unspecified atom stereocenters. The fourth-order valence-electron chi connectivity index (χ4n) is 3.02. The smallest absolute Gasteiger partial charge is 0.225 e. The molecule has 0 radical (unpaired) electrons. The number of fused-ring (bicyclic) bond motifs is 1. The Labute approximate surface area is 141 Å². The van der Waals surface area contributed by atoms with Crippen molar-refractivity contribution in [3.63, 3.8) is 0 Å². The summed E-state index contributed by atoms with van der Waals surface area (Å²) in [5.74, 6) is 0.415. The summed E-state index contributed by atoms with van der Waals surface area (Å²) in [4.78, 5) is 24.6. The molecule has 3 rings (SSSR count). The Kier molecular flexibility index (Phi) is 5.06. The molecule has 0 fully saturated rings. The topological polar surface area (TPSA) is 46.1 Å². The molecule has 2 aromatic heterocycles. The molecule has 0 aromatic carbocycles. The maximum absolute atomic E-state index is 12.6. The molecule has 0 bridgehead atoms. The average molecular weight is 329 g/mol. The van der Waals surface area contributed by atoms with E-state index >= 15 is 0 Å². The van der Waals surface area contributed by atoms with Gasteiger partial charge in [0.2, 0.25) is 5.91 Å². The first-order chi connectivity index (χ1) is 11.2. The average Bonchev–Trinajstić information content (AvgIpc) is 3.03. The van der Waals surface area contributed by atoms with Gasteiger partial charge in [-0.25, -0.2) is 4.98 Å². The van der Waals surface area contributed by atoms with Crippen LogP contribution in [0, 0.1) is 5.92 Å². The largest absolute Gasteiger partial charge is 0.346 e. The van der Waals surface area contributed by atoms with Crippen molar-refractivity contribution >= 4 is 17.2 Å². The molecule has 0 aliphatic heterocycles. The molecule has 0 N–H and O–H groups in total. The molecule has 4 nitrogen and oxygen atoms in total. The predicted octanol–water partition coefficient (Wildman–Crippen LogP) is 3.57. The van der Waals surface area contributed by atoms with Crippen molar-refractivity contribution < 1.29 is 4.79 Å².